The molecule has 0 aromatic carbocycles. The van der Waals surface area contributed by atoms with E-state index < -0.39 is 5.60 Å². The van der Waals surface area contributed by atoms with Crippen molar-refractivity contribution in [2.45, 2.75) is 63.9 Å². The van der Waals surface area contributed by atoms with Crippen LogP contribution in [0, 0.1) is 0 Å². The molecule has 0 atom stereocenters. The normalized spacial score (nSPS) is 19.4. The molecule has 3 aromatic heterocycles. The lowest BCUT2D eigenvalue weighted by Gasteiger charge is -2.32. The lowest BCUT2D eigenvalue weighted by molar-refractivity contribution is 0.0204. The fourth-order valence-electron chi connectivity index (χ4n) is 4.78. The van der Waals surface area contributed by atoms with Crippen molar-refractivity contribution in [2.75, 3.05) is 26.3 Å². The Morgan fingerprint density at radius 3 is 2.61 bits per heavy atom. The molecule has 3 aromatic rings. The molecule has 0 bridgehead atoms. The highest BCUT2D eigenvalue weighted by Crippen LogP contribution is 2.34. The largest absolute Gasteiger partial charge is 0.444 e. The predicted molar refractivity (Wildman–Crippen MR) is 117 cm³/mol. The summed E-state index contributed by atoms with van der Waals surface area (Å²) in [6.45, 7) is 8.71. The quantitative estimate of drug-likeness (QED) is 0.665. The number of hydrogen-bond acceptors (Lipinski definition) is 5. The number of hydrogen-bond donors (Lipinski definition) is 1. The minimum Gasteiger partial charge on any atom is -0.444 e. The van der Waals surface area contributed by atoms with E-state index in [2.05, 4.69) is 26.8 Å². The van der Waals surface area contributed by atoms with Gasteiger partial charge in [-0.3, -0.25) is 4.40 Å². The first kappa shape index (κ1) is 20.3. The molecule has 8 heteroatoms. The zero-order chi connectivity index (χ0) is 21.6. The fourth-order valence-corrected chi connectivity index (χ4v) is 4.78. The van der Waals surface area contributed by atoms with Crippen LogP contribution in [0.25, 0.3) is 16.8 Å². The third-order valence-corrected chi connectivity index (χ3v) is 6.39. The van der Waals surface area contributed by atoms with Crippen LogP contribution in [0.3, 0.4) is 0 Å². The number of piperidine rings is 1. The molecule has 0 saturated carbocycles. The summed E-state index contributed by atoms with van der Waals surface area (Å²) in [5.74, 6) is 0.817. The first-order chi connectivity index (χ1) is 14.9. The van der Waals surface area contributed by atoms with Crippen LogP contribution >= 0.6 is 0 Å². The summed E-state index contributed by atoms with van der Waals surface area (Å²) in [6.07, 6.45) is 9.74. The van der Waals surface area contributed by atoms with E-state index in [0.29, 0.717) is 24.9 Å². The first-order valence-electron chi connectivity index (χ1n) is 11.3. The lowest BCUT2D eigenvalue weighted by Crippen LogP contribution is -2.41. The molecule has 8 nitrogen and oxygen atoms in total. The summed E-state index contributed by atoms with van der Waals surface area (Å²) >= 11 is 0. The second-order valence-electron chi connectivity index (χ2n) is 9.72. The van der Waals surface area contributed by atoms with Crippen molar-refractivity contribution in [2.24, 2.45) is 0 Å². The van der Waals surface area contributed by atoms with E-state index >= 15 is 0 Å². The number of imidazole rings is 1. The van der Waals surface area contributed by atoms with Gasteiger partial charge in [-0.2, -0.15) is 0 Å². The van der Waals surface area contributed by atoms with E-state index in [1.54, 1.807) is 0 Å². The molecular formula is C23H31N5O3. The van der Waals surface area contributed by atoms with Gasteiger partial charge in [0.15, 0.2) is 11.3 Å². The number of aromatic amines is 1. The third-order valence-electron chi connectivity index (χ3n) is 6.39. The number of aromatic nitrogens is 4. The summed E-state index contributed by atoms with van der Waals surface area (Å²) in [5, 5.41) is 0. The molecule has 5 rings (SSSR count). The van der Waals surface area contributed by atoms with E-state index in [0.717, 1.165) is 61.4 Å². The number of carbonyl (C=O) groups excluding carboxylic acids is 1. The molecule has 31 heavy (non-hydrogen) atoms. The van der Waals surface area contributed by atoms with Gasteiger partial charge < -0.3 is 19.4 Å². The molecule has 166 valence electrons. The van der Waals surface area contributed by atoms with E-state index in [4.69, 9.17) is 14.5 Å². The maximum Gasteiger partial charge on any atom is 0.410 e. The number of amides is 1. The summed E-state index contributed by atoms with van der Waals surface area (Å²) < 4.78 is 13.3. The number of ether oxygens (including phenoxy) is 2. The topological polar surface area (TPSA) is 84.8 Å². The molecule has 2 fully saturated rings. The molecular weight excluding hydrogens is 394 g/mol. The summed E-state index contributed by atoms with van der Waals surface area (Å²) in [7, 11) is 0. The Labute approximate surface area is 181 Å². The molecule has 0 radical (unpaired) electrons. The van der Waals surface area contributed by atoms with Gasteiger partial charge in [0, 0.05) is 44.6 Å². The Bertz CT molecular complexity index is 1080. The van der Waals surface area contributed by atoms with Gasteiger partial charge in [-0.05, 0) is 57.9 Å². The second kappa shape index (κ2) is 7.82. The van der Waals surface area contributed by atoms with Crippen molar-refractivity contribution < 1.29 is 14.3 Å². The molecule has 2 saturated heterocycles. The van der Waals surface area contributed by atoms with Crippen LogP contribution in [0.15, 0.2) is 18.6 Å². The van der Waals surface area contributed by atoms with Crippen LogP contribution < -0.4 is 0 Å². The number of fused-ring (bicyclic) bond motifs is 3. The van der Waals surface area contributed by atoms with Crippen LogP contribution in [-0.4, -0.2) is 62.3 Å². The van der Waals surface area contributed by atoms with Gasteiger partial charge in [-0.1, -0.05) is 0 Å². The highest BCUT2D eigenvalue weighted by molar-refractivity contribution is 5.79. The molecule has 5 heterocycles. The summed E-state index contributed by atoms with van der Waals surface area (Å²) in [4.78, 5) is 27.0. The maximum atomic E-state index is 12.4. The number of nitrogens with zero attached hydrogens (tertiary/aromatic N) is 4. The molecule has 2 aliphatic heterocycles. The minimum absolute atomic E-state index is 0.222. The van der Waals surface area contributed by atoms with Gasteiger partial charge in [0.2, 0.25) is 0 Å². The second-order valence-corrected chi connectivity index (χ2v) is 9.72. The number of H-pyrrole nitrogens is 1. The van der Waals surface area contributed by atoms with E-state index in [1.165, 1.54) is 5.56 Å². The molecule has 0 spiro atoms. The van der Waals surface area contributed by atoms with Gasteiger partial charge in [0.05, 0.1) is 17.4 Å². The fraction of sp³-hybridized carbons (Fsp3) is 0.609. The van der Waals surface area contributed by atoms with Crippen molar-refractivity contribution in [1.82, 2.24) is 24.3 Å². The maximum absolute atomic E-state index is 12.4. The zero-order valence-electron chi connectivity index (χ0n) is 18.6. The Morgan fingerprint density at radius 1 is 1.16 bits per heavy atom. The van der Waals surface area contributed by atoms with Crippen molar-refractivity contribution >= 4 is 22.9 Å². The molecule has 0 unspecified atom stereocenters. The predicted octanol–water partition coefficient (Wildman–Crippen LogP) is 4.22. The molecule has 0 aliphatic carbocycles. The first-order valence-corrected chi connectivity index (χ1v) is 11.3. The number of nitrogens with one attached hydrogen (secondary N) is 1. The zero-order valence-corrected chi connectivity index (χ0v) is 18.6. The van der Waals surface area contributed by atoms with Crippen LogP contribution in [0.5, 0.6) is 0 Å². The van der Waals surface area contributed by atoms with Crippen LogP contribution in [0.1, 0.15) is 69.5 Å². The number of carbonyl (C=O) groups is 1. The highest BCUT2D eigenvalue weighted by atomic mass is 16.6. The van der Waals surface area contributed by atoms with Crippen molar-refractivity contribution in [3.63, 3.8) is 0 Å². The third kappa shape index (κ3) is 4.01. The highest BCUT2D eigenvalue weighted by Gasteiger charge is 2.29. The van der Waals surface area contributed by atoms with Gasteiger partial charge in [0.25, 0.3) is 0 Å². The summed E-state index contributed by atoms with van der Waals surface area (Å²) in [6, 6.07) is 0. The Hall–Kier alpha value is -2.61. The van der Waals surface area contributed by atoms with Gasteiger partial charge >= 0.3 is 6.09 Å². The van der Waals surface area contributed by atoms with Crippen molar-refractivity contribution in [3.8, 4) is 0 Å². The van der Waals surface area contributed by atoms with Crippen molar-refractivity contribution in [3.05, 3.63) is 29.8 Å². The van der Waals surface area contributed by atoms with Crippen molar-refractivity contribution in [1.29, 1.82) is 0 Å². The van der Waals surface area contributed by atoms with Gasteiger partial charge in [0.1, 0.15) is 5.60 Å². The Kier molecular flexibility index (Phi) is 5.12. The average molecular weight is 426 g/mol. The van der Waals surface area contributed by atoms with Gasteiger partial charge in [-0.15, -0.1) is 0 Å². The Balaban J connectivity index is 1.37. The summed E-state index contributed by atoms with van der Waals surface area (Å²) in [5.41, 5.74) is 4.83. The van der Waals surface area contributed by atoms with Gasteiger partial charge in [-0.25, -0.2) is 14.8 Å². The smallest absolute Gasteiger partial charge is 0.410 e. The SMILES string of the molecule is CC(C)(C)OC(=O)N1CCC(c2cn3c(cnc4[nH]cc(C5CCOCC5)c43)n2)CC1. The standard InChI is InChI=1S/C23H31N5O3/c1-23(2,3)31-22(29)27-8-4-16(5-9-27)18-14-28-19(26-18)13-25-21-20(28)17(12-24-21)15-6-10-30-11-7-15/h12-16,24H,4-11H2,1-3H3. The molecule has 2 aliphatic rings. The van der Waals surface area contributed by atoms with E-state index in [1.807, 2.05) is 31.9 Å². The number of likely N-dealkylation sites (tertiary alicyclic amines) is 1. The van der Waals surface area contributed by atoms with E-state index in [9.17, 15) is 4.79 Å². The minimum atomic E-state index is -0.466. The molecule has 1 N–H and O–H groups in total. The number of rotatable bonds is 2. The molecule has 1 amide bonds. The van der Waals surface area contributed by atoms with Crippen LogP contribution in [0.4, 0.5) is 4.79 Å². The monoisotopic (exact) mass is 425 g/mol. The van der Waals surface area contributed by atoms with Crippen LogP contribution in [0.2, 0.25) is 0 Å². The van der Waals surface area contributed by atoms with E-state index in [-0.39, 0.29) is 6.09 Å². The van der Waals surface area contributed by atoms with Crippen LogP contribution in [-0.2, 0) is 9.47 Å². The average Bonchev–Trinajstić information content (AvgIpc) is 3.37. The lowest BCUT2D eigenvalue weighted by atomic mass is 9.93. The Morgan fingerprint density at radius 2 is 1.90 bits per heavy atom.